The number of aryl methyl sites for hydroxylation is 1. The molecule has 7 nitrogen and oxygen atoms in total. The van der Waals surface area contributed by atoms with Crippen molar-refractivity contribution < 1.29 is 19.0 Å². The summed E-state index contributed by atoms with van der Waals surface area (Å²) in [4.78, 5) is 16.9. The lowest BCUT2D eigenvalue weighted by molar-refractivity contribution is 0.102. The Morgan fingerprint density at radius 3 is 2.62 bits per heavy atom. The van der Waals surface area contributed by atoms with Crippen LogP contribution in [0.5, 0.6) is 17.2 Å². The highest BCUT2D eigenvalue weighted by Crippen LogP contribution is 2.33. The van der Waals surface area contributed by atoms with E-state index in [4.69, 9.17) is 14.2 Å². The van der Waals surface area contributed by atoms with Crippen molar-refractivity contribution in [3.8, 4) is 17.2 Å². The highest BCUT2D eigenvalue weighted by atomic mass is 16.6. The van der Waals surface area contributed by atoms with Crippen LogP contribution in [0.2, 0.25) is 0 Å². The van der Waals surface area contributed by atoms with Crippen molar-refractivity contribution in [3.05, 3.63) is 65.9 Å². The summed E-state index contributed by atoms with van der Waals surface area (Å²) in [7, 11) is 1.57. The maximum Gasteiger partial charge on any atom is 0.257 e. The van der Waals surface area contributed by atoms with Crippen LogP contribution in [0.3, 0.4) is 0 Å². The van der Waals surface area contributed by atoms with Gasteiger partial charge in [-0.15, -0.1) is 0 Å². The molecule has 2 heterocycles. The fourth-order valence-electron chi connectivity index (χ4n) is 2.99. The average molecular weight is 391 g/mol. The van der Waals surface area contributed by atoms with Crippen molar-refractivity contribution >= 4 is 23.1 Å². The summed E-state index contributed by atoms with van der Waals surface area (Å²) < 4.78 is 16.4. The van der Waals surface area contributed by atoms with Gasteiger partial charge in [-0.2, -0.15) is 0 Å². The second-order valence-corrected chi connectivity index (χ2v) is 6.57. The third-order valence-electron chi connectivity index (χ3n) is 4.44. The number of methoxy groups -OCH3 is 1. The number of benzene rings is 2. The quantitative estimate of drug-likeness (QED) is 0.680. The first-order valence-electron chi connectivity index (χ1n) is 9.21. The molecule has 0 spiro atoms. The second kappa shape index (κ2) is 8.10. The molecule has 1 amide bonds. The normalized spacial score (nSPS) is 12.2. The summed E-state index contributed by atoms with van der Waals surface area (Å²) in [6.07, 6.45) is 1.53. The lowest BCUT2D eigenvalue weighted by Crippen LogP contribution is -2.15. The Bertz CT molecular complexity index is 1030. The minimum atomic E-state index is -0.257. The van der Waals surface area contributed by atoms with Crippen LogP contribution in [0.15, 0.2) is 54.7 Å². The predicted molar refractivity (Wildman–Crippen MR) is 111 cm³/mol. The summed E-state index contributed by atoms with van der Waals surface area (Å²) in [5.74, 6) is 2.39. The first-order valence-corrected chi connectivity index (χ1v) is 9.21. The van der Waals surface area contributed by atoms with E-state index < -0.39 is 0 Å². The maximum atomic E-state index is 12.6. The van der Waals surface area contributed by atoms with E-state index in [9.17, 15) is 4.79 Å². The molecule has 0 fully saturated rings. The number of carbonyl (C=O) groups excluding carboxylic acids is 1. The molecule has 0 unspecified atom stereocenters. The summed E-state index contributed by atoms with van der Waals surface area (Å²) in [5, 5.41) is 6.06. The summed E-state index contributed by atoms with van der Waals surface area (Å²) >= 11 is 0. The van der Waals surface area contributed by atoms with E-state index in [1.807, 2.05) is 43.3 Å². The van der Waals surface area contributed by atoms with Gasteiger partial charge in [0.15, 0.2) is 11.5 Å². The van der Waals surface area contributed by atoms with Gasteiger partial charge in [0.25, 0.3) is 5.91 Å². The number of fused-ring (bicyclic) bond motifs is 1. The van der Waals surface area contributed by atoms with Crippen molar-refractivity contribution in [2.45, 2.75) is 6.92 Å². The number of ether oxygens (including phenoxy) is 3. The lowest BCUT2D eigenvalue weighted by atomic mass is 10.2. The fraction of sp³-hybridized carbons (Fsp3) is 0.182. The van der Waals surface area contributed by atoms with Crippen LogP contribution in [0.25, 0.3) is 0 Å². The van der Waals surface area contributed by atoms with Crippen LogP contribution in [-0.2, 0) is 0 Å². The standard InChI is InChI=1S/C22H21N3O4/c1-14-3-6-18(27-2)17(11-14)25-22(26)15-4-8-21(23-13-15)24-16-5-7-19-20(12-16)29-10-9-28-19/h3-8,11-13H,9-10H2,1-2H3,(H,23,24)(H,25,26). The van der Waals surface area contributed by atoms with Gasteiger partial charge in [-0.05, 0) is 48.9 Å². The molecule has 0 bridgehead atoms. The third kappa shape index (κ3) is 4.24. The Morgan fingerprint density at radius 2 is 1.86 bits per heavy atom. The first-order chi connectivity index (χ1) is 14.1. The topological polar surface area (TPSA) is 81.7 Å². The molecule has 1 aromatic heterocycles. The van der Waals surface area contributed by atoms with Gasteiger partial charge in [-0.1, -0.05) is 6.07 Å². The highest BCUT2D eigenvalue weighted by Gasteiger charge is 2.13. The molecular weight excluding hydrogens is 370 g/mol. The molecule has 4 rings (SSSR count). The van der Waals surface area contributed by atoms with E-state index >= 15 is 0 Å². The molecule has 0 atom stereocenters. The van der Waals surface area contributed by atoms with Crippen molar-refractivity contribution in [1.29, 1.82) is 0 Å². The minimum Gasteiger partial charge on any atom is -0.495 e. The third-order valence-corrected chi connectivity index (χ3v) is 4.44. The zero-order valence-corrected chi connectivity index (χ0v) is 16.2. The molecule has 1 aliphatic rings. The molecule has 0 saturated heterocycles. The number of aromatic nitrogens is 1. The molecule has 0 aliphatic carbocycles. The number of nitrogens with one attached hydrogen (secondary N) is 2. The molecule has 2 N–H and O–H groups in total. The number of hydrogen-bond donors (Lipinski definition) is 2. The van der Waals surface area contributed by atoms with Gasteiger partial charge in [0.2, 0.25) is 0 Å². The maximum absolute atomic E-state index is 12.6. The number of amides is 1. The molecule has 2 aromatic carbocycles. The Balaban J connectivity index is 1.45. The fourth-order valence-corrected chi connectivity index (χ4v) is 2.99. The van der Waals surface area contributed by atoms with E-state index in [0.717, 1.165) is 17.0 Å². The summed E-state index contributed by atoms with van der Waals surface area (Å²) in [6.45, 7) is 3.04. The van der Waals surface area contributed by atoms with E-state index in [0.29, 0.717) is 41.8 Å². The van der Waals surface area contributed by atoms with Gasteiger partial charge in [0.05, 0.1) is 18.4 Å². The molecule has 1 aliphatic heterocycles. The number of hydrogen-bond acceptors (Lipinski definition) is 6. The van der Waals surface area contributed by atoms with E-state index in [2.05, 4.69) is 15.6 Å². The van der Waals surface area contributed by atoms with Crippen LogP contribution < -0.4 is 24.8 Å². The second-order valence-electron chi connectivity index (χ2n) is 6.57. The number of rotatable bonds is 5. The van der Waals surface area contributed by atoms with Crippen LogP contribution in [0.4, 0.5) is 17.2 Å². The van der Waals surface area contributed by atoms with Gasteiger partial charge in [0.1, 0.15) is 24.8 Å². The van der Waals surface area contributed by atoms with Crippen LogP contribution >= 0.6 is 0 Å². The van der Waals surface area contributed by atoms with Gasteiger partial charge in [-0.25, -0.2) is 4.98 Å². The number of anilines is 3. The van der Waals surface area contributed by atoms with E-state index in [1.54, 1.807) is 19.2 Å². The number of nitrogens with zero attached hydrogens (tertiary/aromatic N) is 1. The largest absolute Gasteiger partial charge is 0.495 e. The zero-order chi connectivity index (χ0) is 20.2. The van der Waals surface area contributed by atoms with Gasteiger partial charge in [-0.3, -0.25) is 4.79 Å². The van der Waals surface area contributed by atoms with Gasteiger partial charge in [0, 0.05) is 18.0 Å². The highest BCUT2D eigenvalue weighted by molar-refractivity contribution is 6.05. The van der Waals surface area contributed by atoms with Crippen LogP contribution in [0, 0.1) is 6.92 Å². The SMILES string of the molecule is COc1ccc(C)cc1NC(=O)c1ccc(Nc2ccc3c(c2)OCCO3)nc1. The molecule has 3 aromatic rings. The molecular formula is C22H21N3O4. The Kier molecular flexibility index (Phi) is 5.20. The van der Waals surface area contributed by atoms with Crippen molar-refractivity contribution in [1.82, 2.24) is 4.98 Å². The molecule has 148 valence electrons. The summed E-state index contributed by atoms with van der Waals surface area (Å²) in [6, 6.07) is 14.7. The Hall–Kier alpha value is -3.74. The Morgan fingerprint density at radius 1 is 1.03 bits per heavy atom. The smallest absolute Gasteiger partial charge is 0.257 e. The Labute approximate surface area is 168 Å². The van der Waals surface area contributed by atoms with Crippen molar-refractivity contribution in [2.24, 2.45) is 0 Å². The monoisotopic (exact) mass is 391 g/mol. The molecule has 0 radical (unpaired) electrons. The van der Waals surface area contributed by atoms with Gasteiger partial charge < -0.3 is 24.8 Å². The van der Waals surface area contributed by atoms with E-state index in [1.165, 1.54) is 6.20 Å². The molecule has 29 heavy (non-hydrogen) atoms. The number of pyridine rings is 1. The predicted octanol–water partition coefficient (Wildman–Crippen LogP) is 4.17. The lowest BCUT2D eigenvalue weighted by Gasteiger charge is -2.19. The van der Waals surface area contributed by atoms with Crippen LogP contribution in [-0.4, -0.2) is 31.2 Å². The first kappa shape index (κ1) is 18.6. The van der Waals surface area contributed by atoms with E-state index in [-0.39, 0.29) is 5.91 Å². The minimum absolute atomic E-state index is 0.257. The van der Waals surface area contributed by atoms with Gasteiger partial charge >= 0.3 is 0 Å². The number of carbonyl (C=O) groups is 1. The van der Waals surface area contributed by atoms with Crippen molar-refractivity contribution in [2.75, 3.05) is 31.0 Å². The zero-order valence-electron chi connectivity index (χ0n) is 16.2. The van der Waals surface area contributed by atoms with Crippen LogP contribution in [0.1, 0.15) is 15.9 Å². The molecule has 0 saturated carbocycles. The van der Waals surface area contributed by atoms with Crippen molar-refractivity contribution in [3.63, 3.8) is 0 Å². The summed E-state index contributed by atoms with van der Waals surface area (Å²) in [5.41, 5.74) is 2.92. The average Bonchev–Trinajstić information content (AvgIpc) is 2.74. The molecule has 7 heteroatoms.